The SMILES string of the molecule is Cc1cccc(C)c1OC(C)CNc1ccccc1OCCCc1ccccc1. The van der Waals surface area contributed by atoms with Crippen LogP contribution in [-0.4, -0.2) is 19.3 Å². The summed E-state index contributed by atoms with van der Waals surface area (Å²) in [6.45, 7) is 7.66. The molecule has 0 amide bonds. The van der Waals surface area contributed by atoms with Gasteiger partial charge in [0.2, 0.25) is 0 Å². The van der Waals surface area contributed by atoms with E-state index in [9.17, 15) is 0 Å². The van der Waals surface area contributed by atoms with E-state index in [1.165, 1.54) is 16.7 Å². The van der Waals surface area contributed by atoms with Crippen molar-refractivity contribution >= 4 is 5.69 Å². The van der Waals surface area contributed by atoms with E-state index in [1.807, 2.05) is 24.3 Å². The first-order valence-corrected chi connectivity index (χ1v) is 10.4. The lowest BCUT2D eigenvalue weighted by molar-refractivity contribution is 0.231. The van der Waals surface area contributed by atoms with E-state index in [0.29, 0.717) is 13.2 Å². The fourth-order valence-electron chi connectivity index (χ4n) is 3.32. The average molecular weight is 390 g/mol. The second kappa shape index (κ2) is 10.6. The normalized spacial score (nSPS) is 11.7. The van der Waals surface area contributed by atoms with Gasteiger partial charge in [0.05, 0.1) is 18.8 Å². The third-order valence-electron chi connectivity index (χ3n) is 4.91. The summed E-state index contributed by atoms with van der Waals surface area (Å²) in [4.78, 5) is 0. The lowest BCUT2D eigenvalue weighted by Crippen LogP contribution is -2.23. The van der Waals surface area contributed by atoms with Crippen LogP contribution in [0.2, 0.25) is 0 Å². The summed E-state index contributed by atoms with van der Waals surface area (Å²) in [5.41, 5.74) is 4.68. The van der Waals surface area contributed by atoms with E-state index in [0.717, 1.165) is 30.0 Å². The van der Waals surface area contributed by atoms with Crippen molar-refractivity contribution in [3.8, 4) is 11.5 Å². The predicted molar refractivity (Wildman–Crippen MR) is 121 cm³/mol. The van der Waals surface area contributed by atoms with Gasteiger partial charge in [0.15, 0.2) is 0 Å². The second-order valence-corrected chi connectivity index (χ2v) is 7.46. The Labute approximate surface area is 174 Å². The Bertz CT molecular complexity index is 872. The molecule has 0 fully saturated rings. The van der Waals surface area contributed by atoms with E-state index >= 15 is 0 Å². The highest BCUT2D eigenvalue weighted by atomic mass is 16.5. The fraction of sp³-hybridized carbons (Fsp3) is 0.308. The molecule has 1 unspecified atom stereocenters. The summed E-state index contributed by atoms with van der Waals surface area (Å²) >= 11 is 0. The highest BCUT2D eigenvalue weighted by molar-refractivity contribution is 5.56. The van der Waals surface area contributed by atoms with Gasteiger partial charge in [0.1, 0.15) is 17.6 Å². The summed E-state index contributed by atoms with van der Waals surface area (Å²) in [5, 5.41) is 3.48. The van der Waals surface area contributed by atoms with E-state index in [-0.39, 0.29) is 6.10 Å². The van der Waals surface area contributed by atoms with Crippen LogP contribution in [0.15, 0.2) is 72.8 Å². The van der Waals surface area contributed by atoms with Crippen LogP contribution < -0.4 is 14.8 Å². The molecule has 1 atom stereocenters. The molecule has 0 radical (unpaired) electrons. The quantitative estimate of drug-likeness (QED) is 0.419. The molecule has 0 spiro atoms. The first-order valence-electron chi connectivity index (χ1n) is 10.4. The van der Waals surface area contributed by atoms with Crippen molar-refractivity contribution in [1.82, 2.24) is 0 Å². The Hall–Kier alpha value is -2.94. The maximum absolute atomic E-state index is 6.18. The first kappa shape index (κ1) is 20.8. The molecule has 0 bridgehead atoms. The van der Waals surface area contributed by atoms with Gasteiger partial charge in [0, 0.05) is 0 Å². The Morgan fingerprint density at radius 1 is 0.828 bits per heavy atom. The van der Waals surface area contributed by atoms with Crippen LogP contribution in [0.25, 0.3) is 0 Å². The predicted octanol–water partition coefficient (Wildman–Crippen LogP) is 6.19. The van der Waals surface area contributed by atoms with Crippen molar-refractivity contribution in [3.63, 3.8) is 0 Å². The van der Waals surface area contributed by atoms with Gasteiger partial charge in [-0.1, -0.05) is 60.7 Å². The van der Waals surface area contributed by atoms with Gasteiger partial charge >= 0.3 is 0 Å². The van der Waals surface area contributed by atoms with Crippen LogP contribution in [0.5, 0.6) is 11.5 Å². The zero-order valence-electron chi connectivity index (χ0n) is 17.7. The Balaban J connectivity index is 1.49. The van der Waals surface area contributed by atoms with Crippen molar-refractivity contribution in [2.24, 2.45) is 0 Å². The molecule has 3 heteroatoms. The van der Waals surface area contributed by atoms with Gasteiger partial charge in [-0.25, -0.2) is 0 Å². The molecule has 0 aromatic heterocycles. The van der Waals surface area contributed by atoms with Crippen LogP contribution in [-0.2, 0) is 6.42 Å². The molecule has 0 aliphatic rings. The number of rotatable bonds is 10. The maximum Gasteiger partial charge on any atom is 0.142 e. The molecule has 3 aromatic carbocycles. The van der Waals surface area contributed by atoms with Crippen molar-refractivity contribution in [2.45, 2.75) is 39.7 Å². The van der Waals surface area contributed by atoms with Gasteiger partial charge in [-0.15, -0.1) is 0 Å². The highest BCUT2D eigenvalue weighted by Gasteiger charge is 2.10. The lowest BCUT2D eigenvalue weighted by Gasteiger charge is -2.20. The first-order chi connectivity index (χ1) is 14.1. The Morgan fingerprint density at radius 2 is 1.52 bits per heavy atom. The molecule has 3 nitrogen and oxygen atoms in total. The van der Waals surface area contributed by atoms with Crippen LogP contribution in [0.1, 0.15) is 30.0 Å². The minimum absolute atomic E-state index is 0.0425. The maximum atomic E-state index is 6.18. The Kier molecular flexibility index (Phi) is 7.57. The molecule has 29 heavy (non-hydrogen) atoms. The van der Waals surface area contributed by atoms with Crippen LogP contribution in [0.4, 0.5) is 5.69 Å². The number of nitrogens with one attached hydrogen (secondary N) is 1. The molecule has 3 aromatic rings. The number of aryl methyl sites for hydroxylation is 3. The molecule has 0 saturated heterocycles. The number of ether oxygens (including phenoxy) is 2. The third kappa shape index (κ3) is 6.28. The Morgan fingerprint density at radius 3 is 2.28 bits per heavy atom. The largest absolute Gasteiger partial charge is 0.491 e. The molecule has 0 saturated carbocycles. The molecule has 152 valence electrons. The molecule has 1 N–H and O–H groups in total. The van der Waals surface area contributed by atoms with Gasteiger partial charge in [0.25, 0.3) is 0 Å². The number of hydrogen-bond donors (Lipinski definition) is 1. The summed E-state index contributed by atoms with van der Waals surface area (Å²) in [5.74, 6) is 1.87. The zero-order chi connectivity index (χ0) is 20.5. The van der Waals surface area contributed by atoms with Crippen molar-refractivity contribution < 1.29 is 9.47 Å². The van der Waals surface area contributed by atoms with Crippen LogP contribution >= 0.6 is 0 Å². The van der Waals surface area contributed by atoms with Gasteiger partial charge < -0.3 is 14.8 Å². The lowest BCUT2D eigenvalue weighted by atomic mass is 10.1. The third-order valence-corrected chi connectivity index (χ3v) is 4.91. The smallest absolute Gasteiger partial charge is 0.142 e. The van der Waals surface area contributed by atoms with Gasteiger partial charge in [-0.2, -0.15) is 0 Å². The molecule has 3 rings (SSSR count). The van der Waals surface area contributed by atoms with E-state index in [1.54, 1.807) is 0 Å². The van der Waals surface area contributed by atoms with Crippen molar-refractivity contribution in [1.29, 1.82) is 0 Å². The standard InChI is InChI=1S/C26H31NO2/c1-20-11-9-12-21(2)26(20)29-22(3)19-27-24-16-7-8-17-25(24)28-18-10-15-23-13-5-4-6-14-23/h4-9,11-14,16-17,22,27H,10,15,18-19H2,1-3H3. The number of anilines is 1. The minimum atomic E-state index is 0.0425. The van der Waals surface area contributed by atoms with E-state index < -0.39 is 0 Å². The second-order valence-electron chi connectivity index (χ2n) is 7.46. The number of para-hydroxylation sites is 3. The average Bonchev–Trinajstić information content (AvgIpc) is 2.74. The summed E-state index contributed by atoms with van der Waals surface area (Å²) in [6, 6.07) is 24.9. The molecule has 0 aliphatic heterocycles. The highest BCUT2D eigenvalue weighted by Crippen LogP contribution is 2.26. The molecular weight excluding hydrogens is 358 g/mol. The van der Waals surface area contributed by atoms with E-state index in [4.69, 9.17) is 9.47 Å². The fourth-order valence-corrected chi connectivity index (χ4v) is 3.32. The molecular formula is C26H31NO2. The van der Waals surface area contributed by atoms with Gasteiger partial charge in [-0.05, 0) is 62.4 Å². The monoisotopic (exact) mass is 389 g/mol. The molecule has 0 heterocycles. The number of hydrogen-bond acceptors (Lipinski definition) is 3. The minimum Gasteiger partial charge on any atom is -0.491 e. The zero-order valence-corrected chi connectivity index (χ0v) is 17.7. The van der Waals surface area contributed by atoms with Crippen LogP contribution in [0, 0.1) is 13.8 Å². The topological polar surface area (TPSA) is 30.5 Å². The van der Waals surface area contributed by atoms with Crippen LogP contribution in [0.3, 0.4) is 0 Å². The van der Waals surface area contributed by atoms with Gasteiger partial charge in [-0.3, -0.25) is 0 Å². The molecule has 0 aliphatic carbocycles. The van der Waals surface area contributed by atoms with Crippen molar-refractivity contribution in [2.75, 3.05) is 18.5 Å². The summed E-state index contributed by atoms with van der Waals surface area (Å²) in [7, 11) is 0. The summed E-state index contributed by atoms with van der Waals surface area (Å²) in [6.07, 6.45) is 2.06. The van der Waals surface area contributed by atoms with Crippen molar-refractivity contribution in [3.05, 3.63) is 89.5 Å². The summed E-state index contributed by atoms with van der Waals surface area (Å²) < 4.78 is 12.2. The number of benzene rings is 3. The van der Waals surface area contributed by atoms with E-state index in [2.05, 4.69) is 74.6 Å².